The van der Waals surface area contributed by atoms with Crippen molar-refractivity contribution in [1.29, 1.82) is 0 Å². The van der Waals surface area contributed by atoms with Crippen molar-refractivity contribution in [2.75, 3.05) is 0 Å². The minimum Gasteiger partial charge on any atom is -0.298 e. The minimum atomic E-state index is -0.680. The maximum Gasteiger partial charge on any atom is 0.183 e. The van der Waals surface area contributed by atoms with Crippen LogP contribution in [0, 0.1) is 6.92 Å². The van der Waals surface area contributed by atoms with Gasteiger partial charge in [0, 0.05) is 10.5 Å². The summed E-state index contributed by atoms with van der Waals surface area (Å²) in [6.45, 7) is 3.47. The molecule has 0 spiro atoms. The summed E-state index contributed by atoms with van der Waals surface area (Å²) in [6.07, 6.45) is 0. The van der Waals surface area contributed by atoms with Gasteiger partial charge in [-0.15, -0.1) is 11.8 Å². The number of hydrogen-bond acceptors (Lipinski definition) is 3. The van der Waals surface area contributed by atoms with Gasteiger partial charge >= 0.3 is 0 Å². The van der Waals surface area contributed by atoms with Crippen LogP contribution >= 0.6 is 11.8 Å². The molecular weight excluding hydrogens is 268 g/mol. The van der Waals surface area contributed by atoms with Crippen LogP contribution in [0.2, 0.25) is 0 Å². The van der Waals surface area contributed by atoms with Gasteiger partial charge in [0.15, 0.2) is 11.6 Å². The smallest absolute Gasteiger partial charge is 0.183 e. The van der Waals surface area contributed by atoms with Gasteiger partial charge in [-0.1, -0.05) is 48.0 Å². The number of Topliss-reactive ketones (excluding diaryl/α,β-unsaturated/α-hetero) is 2. The topological polar surface area (TPSA) is 34.1 Å². The fraction of sp³-hybridized carbons (Fsp3) is 0.176. The van der Waals surface area contributed by atoms with Crippen LogP contribution in [0.3, 0.4) is 0 Å². The van der Waals surface area contributed by atoms with E-state index in [1.54, 1.807) is 24.3 Å². The maximum absolute atomic E-state index is 12.4. The van der Waals surface area contributed by atoms with Gasteiger partial charge in [0.05, 0.1) is 0 Å². The molecule has 1 atom stereocenters. The van der Waals surface area contributed by atoms with Crippen molar-refractivity contribution in [2.45, 2.75) is 24.0 Å². The first-order chi connectivity index (χ1) is 9.58. The van der Waals surface area contributed by atoms with Crippen molar-refractivity contribution >= 4 is 23.3 Å². The number of benzene rings is 2. The Bertz CT molecular complexity index is 603. The molecule has 0 aromatic heterocycles. The molecule has 3 heteroatoms. The molecule has 0 heterocycles. The molecule has 0 radical (unpaired) electrons. The summed E-state index contributed by atoms with van der Waals surface area (Å²) in [5.74, 6) is -0.256. The summed E-state index contributed by atoms with van der Waals surface area (Å²) in [6, 6.07) is 16.8. The van der Waals surface area contributed by atoms with Crippen molar-refractivity contribution in [3.8, 4) is 0 Å². The fourth-order valence-electron chi connectivity index (χ4n) is 1.83. The average molecular weight is 284 g/mol. The van der Waals surface area contributed by atoms with Crippen molar-refractivity contribution in [1.82, 2.24) is 0 Å². The van der Waals surface area contributed by atoms with Gasteiger partial charge in [-0.2, -0.15) is 0 Å². The number of thioether (sulfide) groups is 1. The number of rotatable bonds is 5. The Morgan fingerprint density at radius 1 is 0.950 bits per heavy atom. The molecule has 0 fully saturated rings. The second kappa shape index (κ2) is 6.53. The highest BCUT2D eigenvalue weighted by molar-refractivity contribution is 8.01. The second-order valence-electron chi connectivity index (χ2n) is 4.65. The third kappa shape index (κ3) is 3.58. The minimum absolute atomic E-state index is 0.121. The van der Waals surface area contributed by atoms with E-state index in [1.165, 1.54) is 18.7 Å². The summed E-state index contributed by atoms with van der Waals surface area (Å²) >= 11 is 1.31. The lowest BCUT2D eigenvalue weighted by Gasteiger charge is -2.12. The Kier molecular flexibility index (Phi) is 4.74. The Balaban J connectivity index is 2.21. The van der Waals surface area contributed by atoms with Crippen LogP contribution in [-0.4, -0.2) is 16.8 Å². The van der Waals surface area contributed by atoms with Gasteiger partial charge in [0.2, 0.25) is 0 Å². The molecular formula is C17H16O2S. The zero-order valence-corrected chi connectivity index (χ0v) is 12.3. The molecule has 0 bridgehead atoms. The molecule has 2 nitrogen and oxygen atoms in total. The summed E-state index contributed by atoms with van der Waals surface area (Å²) in [4.78, 5) is 25.1. The zero-order chi connectivity index (χ0) is 14.5. The highest BCUT2D eigenvalue weighted by Gasteiger charge is 2.25. The van der Waals surface area contributed by atoms with Crippen LogP contribution in [0.4, 0.5) is 0 Å². The van der Waals surface area contributed by atoms with Crippen molar-refractivity contribution in [3.63, 3.8) is 0 Å². The molecule has 0 amide bonds. The van der Waals surface area contributed by atoms with Crippen LogP contribution in [0.25, 0.3) is 0 Å². The van der Waals surface area contributed by atoms with E-state index in [-0.39, 0.29) is 11.6 Å². The summed E-state index contributed by atoms with van der Waals surface area (Å²) in [5.41, 5.74) is 1.73. The normalized spacial score (nSPS) is 11.9. The van der Waals surface area contributed by atoms with E-state index < -0.39 is 5.25 Å². The Hall–Kier alpha value is -1.87. The largest absolute Gasteiger partial charge is 0.298 e. The predicted octanol–water partition coefficient (Wildman–Crippen LogP) is 3.93. The molecule has 102 valence electrons. The van der Waals surface area contributed by atoms with E-state index in [0.29, 0.717) is 5.56 Å². The third-order valence-corrected chi connectivity index (χ3v) is 4.27. The number of ketones is 2. The molecule has 2 aromatic carbocycles. The molecule has 20 heavy (non-hydrogen) atoms. The van der Waals surface area contributed by atoms with E-state index in [4.69, 9.17) is 0 Å². The molecule has 0 aliphatic carbocycles. The van der Waals surface area contributed by atoms with Crippen LogP contribution in [-0.2, 0) is 4.79 Å². The van der Waals surface area contributed by atoms with E-state index in [9.17, 15) is 9.59 Å². The van der Waals surface area contributed by atoms with E-state index >= 15 is 0 Å². The molecule has 0 N–H and O–H groups in total. The number of carbonyl (C=O) groups is 2. The lowest BCUT2D eigenvalue weighted by Crippen LogP contribution is -2.24. The van der Waals surface area contributed by atoms with Gasteiger partial charge in [-0.25, -0.2) is 0 Å². The molecule has 0 saturated heterocycles. The third-order valence-electron chi connectivity index (χ3n) is 2.94. The molecule has 1 unspecified atom stereocenters. The predicted molar refractivity (Wildman–Crippen MR) is 82.3 cm³/mol. The zero-order valence-electron chi connectivity index (χ0n) is 11.5. The van der Waals surface area contributed by atoms with Gasteiger partial charge in [0.1, 0.15) is 5.25 Å². The molecule has 0 saturated carbocycles. The summed E-state index contributed by atoms with van der Waals surface area (Å²) in [7, 11) is 0. The molecule has 2 rings (SSSR count). The number of hydrogen-bond donors (Lipinski definition) is 0. The SMILES string of the molecule is CC(=O)C(Sc1ccc(C)cc1)C(=O)c1ccccc1. The first-order valence-corrected chi connectivity index (χ1v) is 7.29. The lowest BCUT2D eigenvalue weighted by molar-refractivity contribution is -0.115. The number of carbonyl (C=O) groups excluding carboxylic acids is 2. The monoisotopic (exact) mass is 284 g/mol. The van der Waals surface area contributed by atoms with Crippen molar-refractivity contribution in [3.05, 3.63) is 65.7 Å². The van der Waals surface area contributed by atoms with Crippen molar-refractivity contribution in [2.24, 2.45) is 0 Å². The number of aryl methyl sites for hydroxylation is 1. The fourth-order valence-corrected chi connectivity index (χ4v) is 2.80. The highest BCUT2D eigenvalue weighted by atomic mass is 32.2. The first kappa shape index (κ1) is 14.5. The Labute approximate surface area is 123 Å². The molecule has 0 aliphatic rings. The van der Waals surface area contributed by atoms with Gasteiger partial charge in [-0.05, 0) is 26.0 Å². The van der Waals surface area contributed by atoms with Gasteiger partial charge in [-0.3, -0.25) is 9.59 Å². The van der Waals surface area contributed by atoms with Crippen LogP contribution < -0.4 is 0 Å². The quantitative estimate of drug-likeness (QED) is 0.474. The van der Waals surface area contributed by atoms with Crippen LogP contribution in [0.1, 0.15) is 22.8 Å². The summed E-state index contributed by atoms with van der Waals surface area (Å²) in [5, 5.41) is -0.680. The van der Waals surface area contributed by atoms with Crippen LogP contribution in [0.5, 0.6) is 0 Å². The highest BCUT2D eigenvalue weighted by Crippen LogP contribution is 2.26. The van der Waals surface area contributed by atoms with Gasteiger partial charge in [0.25, 0.3) is 0 Å². The lowest BCUT2D eigenvalue weighted by atomic mass is 10.1. The molecule has 0 aliphatic heterocycles. The maximum atomic E-state index is 12.4. The van der Waals surface area contributed by atoms with E-state index in [1.807, 2.05) is 37.3 Å². The summed E-state index contributed by atoms with van der Waals surface area (Å²) < 4.78 is 0. The van der Waals surface area contributed by atoms with Crippen LogP contribution in [0.15, 0.2) is 59.5 Å². The standard InChI is InChI=1S/C17H16O2S/c1-12-8-10-15(11-9-12)20-17(13(2)18)16(19)14-6-4-3-5-7-14/h3-11,17H,1-2H3. The van der Waals surface area contributed by atoms with E-state index in [0.717, 1.165) is 10.5 Å². The average Bonchev–Trinajstić information content (AvgIpc) is 2.46. The second-order valence-corrected chi connectivity index (χ2v) is 5.83. The van der Waals surface area contributed by atoms with E-state index in [2.05, 4.69) is 0 Å². The Morgan fingerprint density at radius 2 is 1.55 bits per heavy atom. The first-order valence-electron chi connectivity index (χ1n) is 6.41. The van der Waals surface area contributed by atoms with Gasteiger partial charge < -0.3 is 0 Å². The Morgan fingerprint density at radius 3 is 2.10 bits per heavy atom. The molecule has 2 aromatic rings. The van der Waals surface area contributed by atoms with Crippen molar-refractivity contribution < 1.29 is 9.59 Å².